The smallest absolute Gasteiger partial charge is 0.320 e. The number of carboxylic acids is 1. The number of ether oxygens (including phenoxy) is 1. The van der Waals surface area contributed by atoms with Crippen molar-refractivity contribution < 1.29 is 19.4 Å². The summed E-state index contributed by atoms with van der Waals surface area (Å²) in [5, 5.41) is 11.8. The van der Waals surface area contributed by atoms with Gasteiger partial charge in [-0.05, 0) is 54.0 Å². The van der Waals surface area contributed by atoms with Crippen LogP contribution in [0.4, 0.5) is 5.69 Å². The van der Waals surface area contributed by atoms with Crippen LogP contribution in [0, 0.1) is 0 Å². The highest BCUT2D eigenvalue weighted by molar-refractivity contribution is 6.34. The van der Waals surface area contributed by atoms with Gasteiger partial charge in [0.15, 0.2) is 0 Å². The zero-order valence-corrected chi connectivity index (χ0v) is 17.3. The molecule has 1 aliphatic rings. The van der Waals surface area contributed by atoms with Crippen molar-refractivity contribution in [2.24, 2.45) is 5.73 Å². The summed E-state index contributed by atoms with van der Waals surface area (Å²) in [6, 6.07) is 21.3. The zero-order valence-electron chi connectivity index (χ0n) is 16.4. The largest absolute Gasteiger partial charge is 0.480 e. The summed E-state index contributed by atoms with van der Waals surface area (Å²) in [6.45, 7) is 0. The van der Waals surface area contributed by atoms with Crippen LogP contribution in [0.2, 0.25) is 0 Å². The van der Waals surface area contributed by atoms with Crippen molar-refractivity contribution in [1.29, 1.82) is 0 Å². The number of hydrogen-bond donors (Lipinski definition) is 3. The van der Waals surface area contributed by atoms with Crippen LogP contribution in [0.1, 0.15) is 16.7 Å². The minimum atomic E-state index is -1.02. The van der Waals surface area contributed by atoms with Crippen LogP contribution in [0.3, 0.4) is 0 Å². The lowest BCUT2D eigenvalue weighted by molar-refractivity contribution is -0.138. The molecule has 6 nitrogen and oxygen atoms in total. The van der Waals surface area contributed by atoms with Gasteiger partial charge in [0.25, 0.3) is 5.91 Å². The topological polar surface area (TPSA) is 102 Å². The quantitative estimate of drug-likeness (QED) is 0.499. The summed E-state index contributed by atoms with van der Waals surface area (Å²) in [6.07, 6.45) is 2.11. The van der Waals surface area contributed by atoms with E-state index >= 15 is 0 Å². The lowest BCUT2D eigenvalue weighted by Crippen LogP contribution is -2.32. The van der Waals surface area contributed by atoms with Gasteiger partial charge in [-0.25, -0.2) is 0 Å². The van der Waals surface area contributed by atoms with Crippen LogP contribution in [-0.4, -0.2) is 23.0 Å². The van der Waals surface area contributed by atoms with Crippen LogP contribution in [-0.2, 0) is 16.0 Å². The minimum Gasteiger partial charge on any atom is -0.480 e. The number of fused-ring (bicyclic) bond motifs is 1. The molecule has 158 valence electrons. The van der Waals surface area contributed by atoms with Gasteiger partial charge in [0.1, 0.15) is 17.5 Å². The SMILES string of the molecule is Cl.NC(Cc1ccc(Oc2ccc(/C=C3/C(=O)Nc4ccccc43)cc2)cc1)C(=O)O. The van der Waals surface area contributed by atoms with E-state index in [-0.39, 0.29) is 24.7 Å². The van der Waals surface area contributed by atoms with E-state index in [0.29, 0.717) is 17.1 Å². The third kappa shape index (κ3) is 5.12. The number of carboxylic acid groups (broad SMARTS) is 1. The molecule has 0 fully saturated rings. The molecule has 0 bridgehead atoms. The molecular formula is C24H21ClN2O4. The van der Waals surface area contributed by atoms with Gasteiger partial charge in [0.05, 0.1) is 0 Å². The van der Waals surface area contributed by atoms with Crippen molar-refractivity contribution in [3.63, 3.8) is 0 Å². The molecular weight excluding hydrogens is 416 g/mol. The van der Waals surface area contributed by atoms with E-state index in [1.165, 1.54) is 0 Å². The summed E-state index contributed by atoms with van der Waals surface area (Å²) in [4.78, 5) is 23.1. The molecule has 4 N–H and O–H groups in total. The standard InChI is InChI=1S/C24H20N2O4.ClH/c25-21(24(28)29)14-16-7-11-18(12-8-16)30-17-9-5-15(6-10-17)13-20-19-3-1-2-4-22(19)26-23(20)27;/h1-13,21H,14,25H2,(H,26,27)(H,28,29);1H/b20-13+;. The molecule has 0 spiro atoms. The van der Waals surface area contributed by atoms with Gasteiger partial charge >= 0.3 is 5.97 Å². The normalized spacial score (nSPS) is 14.4. The number of anilines is 1. The second-order valence-corrected chi connectivity index (χ2v) is 7.02. The average Bonchev–Trinajstić information content (AvgIpc) is 3.06. The van der Waals surface area contributed by atoms with Crippen molar-refractivity contribution in [2.45, 2.75) is 12.5 Å². The number of halogens is 1. The lowest BCUT2D eigenvalue weighted by atomic mass is 10.0. The summed E-state index contributed by atoms with van der Waals surface area (Å²) in [5.74, 6) is 0.157. The molecule has 31 heavy (non-hydrogen) atoms. The van der Waals surface area contributed by atoms with E-state index in [2.05, 4.69) is 5.32 Å². The fourth-order valence-electron chi connectivity index (χ4n) is 3.25. The summed E-state index contributed by atoms with van der Waals surface area (Å²) in [5.41, 5.74) is 9.62. The van der Waals surface area contributed by atoms with Crippen molar-refractivity contribution in [2.75, 3.05) is 5.32 Å². The second-order valence-electron chi connectivity index (χ2n) is 7.02. The maximum atomic E-state index is 12.2. The van der Waals surface area contributed by atoms with Crippen LogP contribution in [0.5, 0.6) is 11.5 Å². The third-order valence-corrected chi connectivity index (χ3v) is 4.83. The molecule has 4 rings (SSSR count). The Labute approximate surface area is 185 Å². The van der Waals surface area contributed by atoms with E-state index in [1.54, 1.807) is 24.3 Å². The van der Waals surface area contributed by atoms with E-state index in [0.717, 1.165) is 22.4 Å². The van der Waals surface area contributed by atoms with Gasteiger partial charge in [-0.1, -0.05) is 42.5 Å². The number of hydrogen-bond acceptors (Lipinski definition) is 4. The van der Waals surface area contributed by atoms with Crippen molar-refractivity contribution in [3.8, 4) is 11.5 Å². The predicted molar refractivity (Wildman–Crippen MR) is 122 cm³/mol. The summed E-state index contributed by atoms with van der Waals surface area (Å²) >= 11 is 0. The predicted octanol–water partition coefficient (Wildman–Crippen LogP) is 4.35. The Morgan fingerprint density at radius 3 is 2.26 bits per heavy atom. The van der Waals surface area contributed by atoms with E-state index in [1.807, 2.05) is 54.6 Å². The molecule has 1 aliphatic heterocycles. The highest BCUT2D eigenvalue weighted by Gasteiger charge is 2.23. The van der Waals surface area contributed by atoms with Crippen LogP contribution in [0.25, 0.3) is 11.6 Å². The van der Waals surface area contributed by atoms with Crippen molar-refractivity contribution in [3.05, 3.63) is 89.5 Å². The molecule has 0 saturated heterocycles. The van der Waals surface area contributed by atoms with Gasteiger partial charge in [-0.2, -0.15) is 0 Å². The minimum absolute atomic E-state index is 0. The Morgan fingerprint density at radius 1 is 1.00 bits per heavy atom. The number of aliphatic carboxylic acids is 1. The van der Waals surface area contributed by atoms with Crippen molar-refractivity contribution >= 4 is 41.6 Å². The highest BCUT2D eigenvalue weighted by Crippen LogP contribution is 2.33. The Balaban J connectivity index is 0.00000272. The van der Waals surface area contributed by atoms with Crippen LogP contribution >= 0.6 is 12.4 Å². The fraction of sp³-hybridized carbons (Fsp3) is 0.0833. The van der Waals surface area contributed by atoms with E-state index < -0.39 is 12.0 Å². The first-order valence-corrected chi connectivity index (χ1v) is 9.47. The molecule has 3 aromatic carbocycles. The van der Waals surface area contributed by atoms with Gasteiger partial charge in [-0.15, -0.1) is 12.4 Å². The first-order chi connectivity index (χ1) is 14.5. The third-order valence-electron chi connectivity index (χ3n) is 4.83. The van der Waals surface area contributed by atoms with E-state index in [4.69, 9.17) is 15.6 Å². The molecule has 1 amide bonds. The van der Waals surface area contributed by atoms with E-state index in [9.17, 15) is 9.59 Å². The maximum absolute atomic E-state index is 12.2. The number of benzene rings is 3. The first kappa shape index (κ1) is 22.1. The monoisotopic (exact) mass is 436 g/mol. The molecule has 7 heteroatoms. The van der Waals surface area contributed by atoms with Crippen LogP contribution in [0.15, 0.2) is 72.8 Å². The number of nitrogens with one attached hydrogen (secondary N) is 1. The van der Waals surface area contributed by atoms with Crippen LogP contribution < -0.4 is 15.8 Å². The number of nitrogens with two attached hydrogens (primary N) is 1. The fourth-order valence-corrected chi connectivity index (χ4v) is 3.25. The maximum Gasteiger partial charge on any atom is 0.320 e. The highest BCUT2D eigenvalue weighted by atomic mass is 35.5. The molecule has 0 radical (unpaired) electrons. The lowest BCUT2D eigenvalue weighted by Gasteiger charge is -2.09. The number of rotatable bonds is 6. The summed E-state index contributed by atoms with van der Waals surface area (Å²) < 4.78 is 5.84. The molecule has 1 atom stereocenters. The molecule has 3 aromatic rings. The first-order valence-electron chi connectivity index (χ1n) is 9.47. The zero-order chi connectivity index (χ0) is 21.1. The Morgan fingerprint density at radius 2 is 1.61 bits per heavy atom. The molecule has 1 heterocycles. The van der Waals surface area contributed by atoms with Gasteiger partial charge in [0, 0.05) is 16.8 Å². The van der Waals surface area contributed by atoms with Gasteiger partial charge in [0.2, 0.25) is 0 Å². The molecule has 0 aromatic heterocycles. The Kier molecular flexibility index (Phi) is 6.74. The summed E-state index contributed by atoms with van der Waals surface area (Å²) in [7, 11) is 0. The van der Waals surface area contributed by atoms with Gasteiger partial charge in [-0.3, -0.25) is 9.59 Å². The Bertz CT molecular complexity index is 1130. The Hall–Kier alpha value is -3.61. The molecule has 0 aliphatic carbocycles. The van der Waals surface area contributed by atoms with Crippen molar-refractivity contribution in [1.82, 2.24) is 0 Å². The average molecular weight is 437 g/mol. The number of carbonyl (C=O) groups is 2. The van der Waals surface area contributed by atoms with Gasteiger partial charge < -0.3 is 20.9 Å². The molecule has 0 saturated carbocycles. The molecule has 1 unspecified atom stereocenters. The number of amides is 1. The number of carbonyl (C=O) groups excluding carboxylic acids is 1. The number of para-hydroxylation sites is 1. The second kappa shape index (κ2) is 9.47.